The second-order valence-corrected chi connectivity index (χ2v) is 10.3. The fourth-order valence-electron chi connectivity index (χ4n) is 6.00. The predicted octanol–water partition coefficient (Wildman–Crippen LogP) is 5.08. The maximum Gasteiger partial charge on any atom is 0.319 e. The number of aromatic nitrogens is 1. The number of hydrogen-bond donors (Lipinski definition) is 0. The van der Waals surface area contributed by atoms with Crippen LogP contribution >= 0.6 is 0 Å². The molecule has 4 heteroatoms. The zero-order chi connectivity index (χ0) is 22.6. The summed E-state index contributed by atoms with van der Waals surface area (Å²) in [6, 6.07) is 13.5. The van der Waals surface area contributed by atoms with E-state index in [0.717, 1.165) is 57.7 Å². The Balaban J connectivity index is 1.72. The van der Waals surface area contributed by atoms with Crippen molar-refractivity contribution in [1.29, 1.82) is 0 Å². The summed E-state index contributed by atoms with van der Waals surface area (Å²) in [5.41, 5.74) is 4.98. The molecule has 1 amide bonds. The first-order chi connectivity index (χ1) is 16.0. The fraction of sp³-hybridized carbons (Fsp3) is 0.379. The van der Waals surface area contributed by atoms with Crippen molar-refractivity contribution in [2.75, 3.05) is 19.6 Å². The van der Waals surface area contributed by atoms with Gasteiger partial charge in [0.2, 0.25) is 0 Å². The predicted molar refractivity (Wildman–Crippen MR) is 135 cm³/mol. The van der Waals surface area contributed by atoms with Gasteiger partial charge in [-0.3, -0.25) is 4.58 Å². The minimum absolute atomic E-state index is 0.257. The smallest absolute Gasteiger partial charge is 0.319 e. The third kappa shape index (κ3) is 3.26. The number of fused-ring (bicyclic) bond motifs is 1. The number of allylic oxidation sites excluding steroid dienone is 2. The summed E-state index contributed by atoms with van der Waals surface area (Å²) >= 11 is 0. The number of rotatable bonds is 0. The number of para-hydroxylation sites is 2. The van der Waals surface area contributed by atoms with Crippen molar-refractivity contribution in [1.82, 2.24) is 9.47 Å². The van der Waals surface area contributed by atoms with Gasteiger partial charge >= 0.3 is 5.91 Å². The number of amidine groups is 1. The summed E-state index contributed by atoms with van der Waals surface area (Å²) in [5, 5.41) is 2.64. The topological polar surface area (TPSA) is 28.2 Å². The van der Waals surface area contributed by atoms with E-state index in [-0.39, 0.29) is 11.3 Å². The first kappa shape index (κ1) is 20.5. The van der Waals surface area contributed by atoms with Crippen LogP contribution in [0.4, 0.5) is 0 Å². The van der Waals surface area contributed by atoms with Gasteiger partial charge in [-0.15, -0.1) is 0 Å². The highest BCUT2D eigenvalue weighted by Gasteiger charge is 2.46. The minimum atomic E-state index is -0.381. The van der Waals surface area contributed by atoms with Gasteiger partial charge in [-0.2, -0.15) is 4.90 Å². The van der Waals surface area contributed by atoms with Gasteiger partial charge in [0.25, 0.3) is 5.84 Å². The lowest BCUT2D eigenvalue weighted by molar-refractivity contribution is -0.547. The Bertz CT molecular complexity index is 1360. The Morgan fingerprint density at radius 1 is 0.848 bits per heavy atom. The summed E-state index contributed by atoms with van der Waals surface area (Å²) < 4.78 is 5.01. The van der Waals surface area contributed by atoms with Crippen molar-refractivity contribution >= 4 is 33.5 Å². The molecule has 0 atom stereocenters. The van der Waals surface area contributed by atoms with Crippen molar-refractivity contribution < 1.29 is 9.37 Å². The molecule has 33 heavy (non-hydrogen) atoms. The molecule has 1 aromatic heterocycles. The number of nitrogens with zero attached hydrogens (tertiary/aromatic N) is 3. The molecule has 0 spiro atoms. The Hall–Kier alpha value is -3.14. The van der Waals surface area contributed by atoms with Gasteiger partial charge in [-0.1, -0.05) is 60.7 Å². The number of carbonyl (C=O) groups excluding carboxylic acids is 1. The first-order valence-corrected chi connectivity index (χ1v) is 12.3. The molecular weight excluding hydrogens is 406 g/mol. The standard InChI is InChI=1S/C29H32N3O/c1-29(2)20-30-17-7-3-5-11-21-13-9-15-23-24-16-10-14-22-12-6-4-8-18-31(28(29)33)25(30)19-32(26(21)23)27(22)24/h3-6,9-10,13-16H,7-8,11-12,17-20H2,1-2H3/q+1/b5-3-,6-4-. The highest BCUT2D eigenvalue weighted by Crippen LogP contribution is 2.35. The van der Waals surface area contributed by atoms with Crippen LogP contribution in [0.3, 0.4) is 0 Å². The molecule has 0 saturated heterocycles. The van der Waals surface area contributed by atoms with Crippen LogP contribution in [0.15, 0.2) is 60.7 Å². The van der Waals surface area contributed by atoms with Crippen LogP contribution in [0, 0.1) is 5.41 Å². The van der Waals surface area contributed by atoms with E-state index in [2.05, 4.69) is 88.6 Å². The van der Waals surface area contributed by atoms with Crippen LogP contribution in [0.5, 0.6) is 0 Å². The maximum absolute atomic E-state index is 13.7. The molecule has 3 aliphatic rings. The molecule has 6 rings (SSSR count). The molecule has 0 unspecified atom stereocenters. The molecule has 168 valence electrons. The molecule has 3 aromatic rings. The summed E-state index contributed by atoms with van der Waals surface area (Å²) in [4.78, 5) is 15.8. The lowest BCUT2D eigenvalue weighted by Crippen LogP contribution is -2.57. The van der Waals surface area contributed by atoms with Gasteiger partial charge in [0.05, 0.1) is 24.1 Å². The molecule has 0 N–H and O–H groups in total. The van der Waals surface area contributed by atoms with E-state index in [1.165, 1.54) is 32.9 Å². The summed E-state index contributed by atoms with van der Waals surface area (Å²) in [7, 11) is 0. The Labute approximate surface area is 195 Å². The van der Waals surface area contributed by atoms with Crippen LogP contribution in [0.1, 0.15) is 37.8 Å². The van der Waals surface area contributed by atoms with Gasteiger partial charge in [-0.05, 0) is 37.8 Å². The number of carbonyl (C=O) groups is 1. The molecule has 0 saturated carbocycles. The van der Waals surface area contributed by atoms with Gasteiger partial charge in [-0.25, -0.2) is 4.79 Å². The number of benzene rings is 2. The second-order valence-electron chi connectivity index (χ2n) is 10.3. The summed E-state index contributed by atoms with van der Waals surface area (Å²) in [6.45, 7) is 7.40. The molecular formula is C29H32N3O+. The SMILES string of the molecule is CC1(C)C[N+]2=C3Cn4c5c(cccc5c5cccc(c54)C/C=C\CC2)C/C=C\CCN3C1=O. The molecule has 4 nitrogen and oxygen atoms in total. The number of hydrogen-bond acceptors (Lipinski definition) is 1. The Morgan fingerprint density at radius 3 is 2.15 bits per heavy atom. The second kappa shape index (κ2) is 7.72. The largest absolute Gasteiger partial charge is 0.328 e. The molecule has 2 aromatic carbocycles. The Kier molecular flexibility index (Phi) is 4.79. The minimum Gasteiger partial charge on any atom is -0.328 e. The van der Waals surface area contributed by atoms with E-state index in [1.807, 2.05) is 0 Å². The van der Waals surface area contributed by atoms with Gasteiger partial charge in [0.15, 0.2) is 0 Å². The highest BCUT2D eigenvalue weighted by atomic mass is 16.2. The molecule has 4 heterocycles. The van der Waals surface area contributed by atoms with Crippen LogP contribution in [-0.2, 0) is 24.2 Å². The van der Waals surface area contributed by atoms with E-state index < -0.39 is 0 Å². The monoisotopic (exact) mass is 438 g/mol. The number of amides is 1. The average molecular weight is 439 g/mol. The molecule has 0 aliphatic carbocycles. The van der Waals surface area contributed by atoms with Gasteiger partial charge in [0.1, 0.15) is 18.5 Å². The third-order valence-corrected chi connectivity index (χ3v) is 7.55. The summed E-state index contributed by atoms with van der Waals surface area (Å²) in [5.74, 6) is 1.42. The van der Waals surface area contributed by atoms with E-state index in [4.69, 9.17) is 0 Å². The van der Waals surface area contributed by atoms with Crippen LogP contribution < -0.4 is 0 Å². The van der Waals surface area contributed by atoms with Gasteiger partial charge in [0, 0.05) is 23.6 Å². The quantitative estimate of drug-likeness (QED) is 0.355. The van der Waals surface area contributed by atoms with Gasteiger partial charge < -0.3 is 4.57 Å². The van der Waals surface area contributed by atoms with Crippen molar-refractivity contribution in [3.63, 3.8) is 0 Å². The first-order valence-electron chi connectivity index (χ1n) is 12.3. The molecule has 0 fully saturated rings. The summed E-state index contributed by atoms with van der Waals surface area (Å²) in [6.07, 6.45) is 12.9. The molecule has 0 radical (unpaired) electrons. The van der Waals surface area contributed by atoms with Crippen LogP contribution in [0.25, 0.3) is 21.8 Å². The third-order valence-electron chi connectivity index (χ3n) is 7.55. The van der Waals surface area contributed by atoms with Crippen LogP contribution in [0.2, 0.25) is 0 Å². The zero-order valence-corrected chi connectivity index (χ0v) is 19.7. The lowest BCUT2D eigenvalue weighted by atomic mass is 9.89. The zero-order valence-electron chi connectivity index (χ0n) is 19.7. The van der Waals surface area contributed by atoms with E-state index in [0.29, 0.717) is 0 Å². The lowest BCUT2D eigenvalue weighted by Gasteiger charge is -2.34. The van der Waals surface area contributed by atoms with E-state index >= 15 is 0 Å². The van der Waals surface area contributed by atoms with Crippen molar-refractivity contribution in [3.8, 4) is 0 Å². The van der Waals surface area contributed by atoms with Crippen molar-refractivity contribution in [2.45, 2.75) is 46.1 Å². The fourth-order valence-corrected chi connectivity index (χ4v) is 6.00. The molecule has 3 aliphatic heterocycles. The molecule has 2 bridgehead atoms. The average Bonchev–Trinajstić information content (AvgIpc) is 3.09. The van der Waals surface area contributed by atoms with Crippen LogP contribution in [-0.4, -0.2) is 45.4 Å². The van der Waals surface area contributed by atoms with Crippen molar-refractivity contribution in [2.24, 2.45) is 5.41 Å². The Morgan fingerprint density at radius 2 is 1.48 bits per heavy atom. The van der Waals surface area contributed by atoms with E-state index in [9.17, 15) is 4.79 Å². The normalized spacial score (nSPS) is 22.5. The van der Waals surface area contributed by atoms with Crippen molar-refractivity contribution in [3.05, 3.63) is 71.8 Å². The highest BCUT2D eigenvalue weighted by molar-refractivity contribution is 6.11. The maximum atomic E-state index is 13.7. The van der Waals surface area contributed by atoms with E-state index in [1.54, 1.807) is 0 Å².